The average Bonchev–Trinajstić information content (AvgIpc) is 2.84. The van der Waals surface area contributed by atoms with Crippen molar-refractivity contribution in [3.05, 3.63) is 65.9 Å². The summed E-state index contributed by atoms with van der Waals surface area (Å²) in [5.41, 5.74) is 5.10. The fourth-order valence-electron chi connectivity index (χ4n) is 3.55. The van der Waals surface area contributed by atoms with Crippen molar-refractivity contribution in [2.24, 2.45) is 0 Å². The van der Waals surface area contributed by atoms with E-state index in [0.29, 0.717) is 0 Å². The Labute approximate surface area is 126 Å². The molecule has 0 spiro atoms. The molecule has 106 valence electrons. The molecule has 4 rings (SSSR count). The highest BCUT2D eigenvalue weighted by atomic mass is 15.2. The fourth-order valence-corrected chi connectivity index (χ4v) is 3.55. The lowest BCUT2D eigenvalue weighted by Gasteiger charge is -2.29. The number of pyridine rings is 1. The Hall–Kier alpha value is -1.93. The van der Waals surface area contributed by atoms with E-state index in [9.17, 15) is 0 Å². The second-order valence-corrected chi connectivity index (χ2v) is 6.34. The first-order valence-electron chi connectivity index (χ1n) is 7.69. The van der Waals surface area contributed by atoms with Gasteiger partial charge in [-0.3, -0.25) is 9.88 Å². The third-order valence-electron chi connectivity index (χ3n) is 4.87. The second-order valence-electron chi connectivity index (χ2n) is 6.34. The highest BCUT2D eigenvalue weighted by Gasteiger charge is 2.39. The van der Waals surface area contributed by atoms with E-state index >= 15 is 0 Å². The Bertz CT molecular complexity index is 670. The highest BCUT2D eigenvalue weighted by molar-refractivity contribution is 5.59. The van der Waals surface area contributed by atoms with E-state index < -0.39 is 0 Å². The molecule has 0 radical (unpaired) electrons. The van der Waals surface area contributed by atoms with Crippen molar-refractivity contribution in [1.82, 2.24) is 9.88 Å². The largest absolute Gasteiger partial charge is 0.298 e. The Morgan fingerprint density at radius 2 is 1.95 bits per heavy atom. The summed E-state index contributed by atoms with van der Waals surface area (Å²) >= 11 is 0. The summed E-state index contributed by atoms with van der Waals surface area (Å²) in [5.74, 6) is 0. The van der Waals surface area contributed by atoms with Gasteiger partial charge in [-0.1, -0.05) is 48.0 Å². The van der Waals surface area contributed by atoms with Gasteiger partial charge in [0.15, 0.2) is 0 Å². The maximum absolute atomic E-state index is 4.71. The first kappa shape index (κ1) is 12.8. The van der Waals surface area contributed by atoms with Crippen molar-refractivity contribution in [2.45, 2.75) is 18.8 Å². The maximum atomic E-state index is 4.71. The molecular formula is C19H20N2. The predicted octanol–water partition coefficient (Wildman–Crippen LogP) is 3.57. The summed E-state index contributed by atoms with van der Waals surface area (Å²) in [6.07, 6.45) is 8.01. The molecule has 3 heterocycles. The van der Waals surface area contributed by atoms with Crippen LogP contribution in [0.1, 0.15) is 17.5 Å². The van der Waals surface area contributed by atoms with Gasteiger partial charge in [-0.05, 0) is 31.5 Å². The molecule has 0 aliphatic carbocycles. The van der Waals surface area contributed by atoms with Crippen LogP contribution in [0, 0.1) is 6.92 Å². The van der Waals surface area contributed by atoms with Crippen LogP contribution in [0.15, 0.2) is 54.7 Å². The first-order valence-corrected chi connectivity index (χ1v) is 7.69. The van der Waals surface area contributed by atoms with E-state index in [0.717, 1.165) is 18.8 Å². The molecule has 0 N–H and O–H groups in total. The van der Waals surface area contributed by atoms with Crippen LogP contribution in [-0.2, 0) is 5.41 Å². The van der Waals surface area contributed by atoms with Crippen LogP contribution in [-0.4, -0.2) is 29.5 Å². The molecule has 1 saturated heterocycles. The molecular weight excluding hydrogens is 256 g/mol. The van der Waals surface area contributed by atoms with Crippen molar-refractivity contribution in [1.29, 1.82) is 0 Å². The van der Waals surface area contributed by atoms with Crippen LogP contribution in [0.5, 0.6) is 0 Å². The van der Waals surface area contributed by atoms with Crippen molar-refractivity contribution in [2.75, 3.05) is 19.6 Å². The summed E-state index contributed by atoms with van der Waals surface area (Å²) in [7, 11) is 0. The molecule has 2 aliphatic heterocycles. The SMILES string of the molecule is Cc1ccc(-c2ccc(C34C=CCN(CC3)C4)cn2)cc1. The normalized spacial score (nSPS) is 27.0. The van der Waals surface area contributed by atoms with E-state index in [1.165, 1.54) is 29.7 Å². The number of hydrogen-bond acceptors (Lipinski definition) is 2. The van der Waals surface area contributed by atoms with E-state index in [1.807, 2.05) is 0 Å². The molecule has 2 bridgehead atoms. The number of rotatable bonds is 2. The summed E-state index contributed by atoms with van der Waals surface area (Å²) in [6, 6.07) is 13.0. The van der Waals surface area contributed by atoms with Crippen LogP contribution in [0.25, 0.3) is 11.3 Å². The number of aromatic nitrogens is 1. The van der Waals surface area contributed by atoms with Gasteiger partial charge in [-0.15, -0.1) is 0 Å². The van der Waals surface area contributed by atoms with Gasteiger partial charge >= 0.3 is 0 Å². The zero-order valence-corrected chi connectivity index (χ0v) is 12.4. The number of hydrogen-bond donors (Lipinski definition) is 0. The molecule has 1 fully saturated rings. The standard InChI is InChI=1S/C19H20N2/c1-15-3-5-16(6-4-15)18-8-7-17(13-20-18)19-9-2-11-21(14-19)12-10-19/h2-9,13H,10-12,14H2,1H3. The molecule has 21 heavy (non-hydrogen) atoms. The van der Waals surface area contributed by atoms with Crippen LogP contribution >= 0.6 is 0 Å². The molecule has 2 aromatic rings. The van der Waals surface area contributed by atoms with Crippen LogP contribution in [0.3, 0.4) is 0 Å². The zero-order chi connectivity index (χ0) is 14.3. The zero-order valence-electron chi connectivity index (χ0n) is 12.4. The summed E-state index contributed by atoms with van der Waals surface area (Å²) in [5, 5.41) is 0. The van der Waals surface area contributed by atoms with E-state index in [1.54, 1.807) is 0 Å². The number of nitrogens with zero attached hydrogens (tertiary/aromatic N) is 2. The molecule has 0 saturated carbocycles. The lowest BCUT2D eigenvalue weighted by molar-refractivity contribution is 0.345. The minimum absolute atomic E-state index is 0.205. The number of benzene rings is 1. The van der Waals surface area contributed by atoms with Crippen LogP contribution < -0.4 is 0 Å². The van der Waals surface area contributed by atoms with Gasteiger partial charge in [0.25, 0.3) is 0 Å². The minimum atomic E-state index is 0.205. The molecule has 0 amide bonds. The second kappa shape index (κ2) is 4.81. The topological polar surface area (TPSA) is 16.1 Å². The first-order chi connectivity index (χ1) is 10.3. The van der Waals surface area contributed by atoms with Gasteiger partial charge in [-0.25, -0.2) is 0 Å². The molecule has 1 aromatic carbocycles. The van der Waals surface area contributed by atoms with Gasteiger partial charge in [0.05, 0.1) is 5.69 Å². The molecule has 2 aliphatic rings. The lowest BCUT2D eigenvalue weighted by Crippen LogP contribution is -2.33. The van der Waals surface area contributed by atoms with Gasteiger partial charge in [-0.2, -0.15) is 0 Å². The van der Waals surface area contributed by atoms with Crippen LogP contribution in [0.4, 0.5) is 0 Å². The Kier molecular flexibility index (Phi) is 2.93. The molecule has 2 heteroatoms. The van der Waals surface area contributed by atoms with Gasteiger partial charge in [0.2, 0.25) is 0 Å². The van der Waals surface area contributed by atoms with Gasteiger partial charge in [0, 0.05) is 30.3 Å². The van der Waals surface area contributed by atoms with Crippen molar-refractivity contribution in [3.8, 4) is 11.3 Å². The third-order valence-corrected chi connectivity index (χ3v) is 4.87. The Morgan fingerprint density at radius 3 is 2.71 bits per heavy atom. The monoisotopic (exact) mass is 276 g/mol. The van der Waals surface area contributed by atoms with Crippen molar-refractivity contribution in [3.63, 3.8) is 0 Å². The molecule has 2 nitrogen and oxygen atoms in total. The number of fused-ring (bicyclic) bond motifs is 2. The van der Waals surface area contributed by atoms with E-state index in [4.69, 9.17) is 4.98 Å². The Morgan fingerprint density at radius 1 is 1.10 bits per heavy atom. The Balaban J connectivity index is 1.66. The minimum Gasteiger partial charge on any atom is -0.298 e. The van der Waals surface area contributed by atoms with Gasteiger partial charge in [0.1, 0.15) is 0 Å². The van der Waals surface area contributed by atoms with Crippen molar-refractivity contribution < 1.29 is 0 Å². The highest BCUT2D eigenvalue weighted by Crippen LogP contribution is 2.38. The summed E-state index contributed by atoms with van der Waals surface area (Å²) in [6.45, 7) is 5.57. The predicted molar refractivity (Wildman–Crippen MR) is 86.3 cm³/mol. The maximum Gasteiger partial charge on any atom is 0.0702 e. The summed E-state index contributed by atoms with van der Waals surface area (Å²) < 4.78 is 0. The molecule has 2 atom stereocenters. The average molecular weight is 276 g/mol. The quantitative estimate of drug-likeness (QED) is 0.780. The smallest absolute Gasteiger partial charge is 0.0702 e. The third kappa shape index (κ3) is 2.20. The van der Waals surface area contributed by atoms with E-state index in [2.05, 4.69) is 66.6 Å². The van der Waals surface area contributed by atoms with Gasteiger partial charge < -0.3 is 0 Å². The van der Waals surface area contributed by atoms with Crippen LogP contribution in [0.2, 0.25) is 0 Å². The number of aryl methyl sites for hydroxylation is 1. The lowest BCUT2D eigenvalue weighted by atomic mass is 9.79. The van der Waals surface area contributed by atoms with Crippen molar-refractivity contribution >= 4 is 0 Å². The molecule has 2 unspecified atom stereocenters. The molecule has 1 aromatic heterocycles. The summed E-state index contributed by atoms with van der Waals surface area (Å²) in [4.78, 5) is 7.23. The fraction of sp³-hybridized carbons (Fsp3) is 0.316. The van der Waals surface area contributed by atoms with E-state index in [-0.39, 0.29) is 5.41 Å².